The molecule has 1 fully saturated rings. The van der Waals surface area contributed by atoms with Crippen molar-refractivity contribution in [2.24, 2.45) is 4.99 Å². The molecular weight excluding hydrogens is 1410 g/mol. The van der Waals surface area contributed by atoms with Crippen molar-refractivity contribution in [2.45, 2.75) is 0 Å². The van der Waals surface area contributed by atoms with Crippen LogP contribution >= 0.6 is 81.2 Å². The lowest BCUT2D eigenvalue weighted by Crippen LogP contribution is -2.23. The molecule has 1 saturated heterocycles. The number of aliphatic imine (C=N–C) groups is 1. The highest BCUT2D eigenvalue weighted by atomic mass is 35.5. The van der Waals surface area contributed by atoms with Gasteiger partial charge < -0.3 is 51.3 Å². The molecule has 1 aliphatic rings. The van der Waals surface area contributed by atoms with Crippen LogP contribution in [0.1, 0.15) is 78.8 Å². The van der Waals surface area contributed by atoms with E-state index in [1.807, 2.05) is 19.0 Å². The van der Waals surface area contributed by atoms with Gasteiger partial charge in [0.05, 0.1) is 72.1 Å². The lowest BCUT2D eigenvalue weighted by atomic mass is 10.1. The van der Waals surface area contributed by atoms with Gasteiger partial charge >= 0.3 is 0 Å². The first kappa shape index (κ1) is 73.6. The number of halogens is 8. The molecule has 4 heterocycles. The Morgan fingerprint density at radius 1 is 0.459 bits per heavy atom. The van der Waals surface area contributed by atoms with Gasteiger partial charge in [-0.25, -0.2) is 19.3 Å². The largest absolute Gasteiger partial charge is 0.494 e. The summed E-state index contributed by atoms with van der Waals surface area (Å²) in [5.74, 6) is -1.77. The number of amides is 6. The zero-order chi connectivity index (χ0) is 71.1. The number of pyridine rings is 3. The molecule has 0 radical (unpaired) electrons. The molecule has 98 heavy (non-hydrogen) atoms. The number of carbonyl (C=O) groups is 6. The number of ether oxygens (including phenoxy) is 1. The third-order valence-corrected chi connectivity index (χ3v) is 15.5. The molecule has 22 nitrogen and oxygen atoms in total. The minimum Gasteiger partial charge on any atom is -0.494 e. The highest BCUT2D eigenvalue weighted by Crippen LogP contribution is 2.34. The van der Waals surface area contributed by atoms with E-state index in [0.29, 0.717) is 48.4 Å². The van der Waals surface area contributed by atoms with Crippen molar-refractivity contribution >= 4 is 169 Å². The number of hydrogen-bond acceptors (Lipinski definition) is 13. The molecule has 3 aromatic heterocycles. The second-order valence-corrected chi connectivity index (χ2v) is 24.2. The number of nitrogens with one attached hydrogen (secondary N) is 8. The van der Waals surface area contributed by atoms with Gasteiger partial charge in [-0.2, -0.15) is 0 Å². The molecule has 10 rings (SSSR count). The summed E-state index contributed by atoms with van der Waals surface area (Å²) in [5, 5.41) is 34.3. The van der Waals surface area contributed by atoms with Gasteiger partial charge in [0.2, 0.25) is 0 Å². The molecule has 0 spiro atoms. The molecular formula is C68H57Cl7FN15O7. The number of rotatable bonds is 16. The van der Waals surface area contributed by atoms with E-state index in [1.54, 1.807) is 116 Å². The lowest BCUT2D eigenvalue weighted by molar-refractivity contribution is 0.100. The summed E-state index contributed by atoms with van der Waals surface area (Å²) in [6, 6.07) is 36.8. The molecule has 502 valence electrons. The van der Waals surface area contributed by atoms with E-state index in [-0.39, 0.29) is 83.2 Å². The van der Waals surface area contributed by atoms with Crippen LogP contribution in [0.5, 0.6) is 5.75 Å². The summed E-state index contributed by atoms with van der Waals surface area (Å²) < 4.78 is 19.9. The smallest absolute Gasteiger partial charge is 0.259 e. The maximum Gasteiger partial charge on any atom is 0.259 e. The number of amidine groups is 3. The summed E-state index contributed by atoms with van der Waals surface area (Å²) in [6.07, 6.45) is 4.19. The highest BCUT2D eigenvalue weighted by Gasteiger charge is 2.26. The SMILES string of the molecule is CN=C(c1ccc(C(=O)Nc2ccc(Cl)cc2C(=O)Nc2ccc(Cl)cn2)c(Cl)c1)N(C)C.COc1cc(Cl)cc(C(=O)Nc2ccc(Cl)cn2)c1NC(=O)c1ccc(C(=N)N(C)C)cc1.N=C(c1ccc(C(=O)Nc2ccc(Cl)cc2C(=O)Nc2ccc(Cl)cn2)c(F)c1)N1CC1. The molecule has 0 saturated carbocycles. The fourth-order valence-electron chi connectivity index (χ4n) is 8.91. The van der Waals surface area contributed by atoms with Crippen LogP contribution in [-0.4, -0.2) is 138 Å². The number of methoxy groups -OCH3 is 1. The third kappa shape index (κ3) is 19.7. The molecule has 0 unspecified atom stereocenters. The van der Waals surface area contributed by atoms with Gasteiger partial charge in [-0.1, -0.05) is 105 Å². The molecule has 9 aromatic rings. The Kier molecular flexibility index (Phi) is 25.2. The molecule has 1 aliphatic heterocycles. The first-order valence-electron chi connectivity index (χ1n) is 28.8. The van der Waals surface area contributed by atoms with Crippen molar-refractivity contribution in [1.29, 1.82) is 10.8 Å². The Balaban J connectivity index is 0.000000188. The van der Waals surface area contributed by atoms with E-state index >= 15 is 0 Å². The van der Waals surface area contributed by atoms with Crippen molar-refractivity contribution in [1.82, 2.24) is 29.7 Å². The number of anilines is 6. The zero-order valence-corrected chi connectivity index (χ0v) is 57.8. The fourth-order valence-corrected chi connectivity index (χ4v) is 10.1. The van der Waals surface area contributed by atoms with Crippen molar-refractivity contribution in [3.8, 4) is 5.75 Å². The van der Waals surface area contributed by atoms with E-state index in [1.165, 1.54) is 80.3 Å². The van der Waals surface area contributed by atoms with E-state index in [9.17, 15) is 33.2 Å². The number of benzene rings is 6. The maximum atomic E-state index is 14.6. The quantitative estimate of drug-likeness (QED) is 0.0254. The summed E-state index contributed by atoms with van der Waals surface area (Å²) >= 11 is 42.1. The van der Waals surface area contributed by atoms with Gasteiger partial charge in [0.1, 0.15) is 46.5 Å². The Labute approximate surface area is 596 Å². The Morgan fingerprint density at radius 2 is 0.888 bits per heavy atom. The topological polar surface area (TPSA) is 292 Å². The van der Waals surface area contributed by atoms with E-state index in [2.05, 4.69) is 51.8 Å². The zero-order valence-electron chi connectivity index (χ0n) is 52.5. The molecule has 8 N–H and O–H groups in total. The predicted octanol–water partition coefficient (Wildman–Crippen LogP) is 14.9. The van der Waals surface area contributed by atoms with Crippen LogP contribution < -0.4 is 36.6 Å². The van der Waals surface area contributed by atoms with E-state index < -0.39 is 41.3 Å². The van der Waals surface area contributed by atoms with Crippen LogP contribution in [-0.2, 0) is 0 Å². The highest BCUT2D eigenvalue weighted by molar-refractivity contribution is 6.36. The first-order chi connectivity index (χ1) is 46.7. The second kappa shape index (κ2) is 33.6. The summed E-state index contributed by atoms with van der Waals surface area (Å²) in [4.78, 5) is 98.7. The Hall–Kier alpha value is -10.2. The van der Waals surface area contributed by atoms with Gasteiger partial charge in [-0.15, -0.1) is 0 Å². The Morgan fingerprint density at radius 3 is 1.32 bits per heavy atom. The van der Waals surface area contributed by atoms with Gasteiger partial charge in [0.25, 0.3) is 35.4 Å². The minimum absolute atomic E-state index is 0.0722. The molecule has 0 bridgehead atoms. The van der Waals surface area contributed by atoms with Crippen molar-refractivity contribution in [2.75, 3.05) is 87.3 Å². The molecule has 30 heteroatoms. The summed E-state index contributed by atoms with van der Waals surface area (Å²) in [7, 11) is 10.3. The van der Waals surface area contributed by atoms with Crippen LogP contribution in [0.25, 0.3) is 0 Å². The number of aromatic nitrogens is 3. The normalized spacial score (nSPS) is 11.2. The van der Waals surface area contributed by atoms with Gasteiger partial charge in [0.15, 0.2) is 0 Å². The van der Waals surface area contributed by atoms with Gasteiger partial charge in [0, 0.05) is 110 Å². The van der Waals surface area contributed by atoms with E-state index in [0.717, 1.165) is 30.6 Å². The van der Waals surface area contributed by atoms with Crippen LogP contribution in [0.2, 0.25) is 35.2 Å². The van der Waals surface area contributed by atoms with Crippen LogP contribution in [0, 0.1) is 16.6 Å². The summed E-state index contributed by atoms with van der Waals surface area (Å²) in [6.45, 7) is 1.52. The van der Waals surface area contributed by atoms with Gasteiger partial charge in [-0.3, -0.25) is 44.6 Å². The van der Waals surface area contributed by atoms with Crippen LogP contribution in [0.4, 0.5) is 38.9 Å². The molecule has 6 amide bonds. The Bertz CT molecular complexity index is 4570. The number of hydrogen-bond donors (Lipinski definition) is 8. The average Bonchev–Trinajstić information content (AvgIpc) is 1.05. The second-order valence-electron chi connectivity index (χ2n) is 21.2. The monoisotopic (exact) mass is 1460 g/mol. The number of carbonyl (C=O) groups excluding carboxylic acids is 6. The first-order valence-corrected chi connectivity index (χ1v) is 31.5. The fraction of sp³-hybridized carbons (Fsp3) is 0.118. The minimum atomic E-state index is -0.767. The standard InChI is InChI=1S/C23H20Cl3N5O2.C23H21Cl2N5O3.C22H16Cl2FN5O2/c1-27-21(31(2)3)13-4-7-16(18(26)10-13)22(32)29-19-8-5-14(24)11-17(19)23(33)30-20-9-6-15(25)12-28-20;1-30(2)21(26)13-4-6-14(7-5-13)22(31)29-20-17(10-16(25)11-18(20)33-3)23(32)28-19-9-8-15(24)12-27-19;23-13-2-5-18(16(10-13)22(32)29-19-6-3-14(24)11-27-19)28-21(31)15-4-1-12(9-17(15)25)20(26)30-7-8-30/h4-12H,1-3H3,(H,29,32)(H,28,30,33);4-12,26H,1-3H3,(H,29,31)(H,27,28,32);1-6,9-11,26H,7-8H2,(H,28,31)(H,27,29,32). The van der Waals surface area contributed by atoms with Gasteiger partial charge in [-0.05, 0) is 115 Å². The maximum absolute atomic E-state index is 14.6. The molecule has 0 aliphatic carbocycles. The average molecular weight is 1460 g/mol. The van der Waals surface area contributed by atoms with Crippen molar-refractivity contribution in [3.63, 3.8) is 0 Å². The predicted molar refractivity (Wildman–Crippen MR) is 386 cm³/mol. The molecule has 6 aromatic carbocycles. The third-order valence-electron chi connectivity index (χ3n) is 13.9. The lowest BCUT2D eigenvalue weighted by Gasteiger charge is -2.16. The van der Waals surface area contributed by atoms with Crippen LogP contribution in [0.15, 0.2) is 169 Å². The van der Waals surface area contributed by atoms with Crippen molar-refractivity contribution < 1.29 is 37.9 Å². The summed E-state index contributed by atoms with van der Waals surface area (Å²) in [5.41, 5.74) is 3.08. The number of nitrogens with zero attached hydrogens (tertiary/aromatic N) is 7. The van der Waals surface area contributed by atoms with E-state index in [4.69, 9.17) is 96.8 Å². The van der Waals surface area contributed by atoms with Crippen LogP contribution in [0.3, 0.4) is 0 Å². The van der Waals surface area contributed by atoms with Crippen molar-refractivity contribution in [3.05, 3.63) is 255 Å². The molecule has 0 atom stereocenters.